The molecular formula is C30H50O4. The van der Waals surface area contributed by atoms with Crippen molar-refractivity contribution in [1.82, 2.24) is 0 Å². The zero-order valence-electron chi connectivity index (χ0n) is 22.7. The highest BCUT2D eigenvalue weighted by molar-refractivity contribution is 5.80. The van der Waals surface area contributed by atoms with E-state index in [4.69, 9.17) is 0 Å². The van der Waals surface area contributed by atoms with Gasteiger partial charge in [0.1, 0.15) is 5.78 Å². The van der Waals surface area contributed by atoms with Crippen LogP contribution in [0.5, 0.6) is 0 Å². The molecule has 11 unspecified atom stereocenters. The normalized spacial score (nSPS) is 54.0. The van der Waals surface area contributed by atoms with Gasteiger partial charge in [-0.05, 0) is 96.7 Å². The third-order valence-electron chi connectivity index (χ3n) is 13.3. The van der Waals surface area contributed by atoms with Crippen LogP contribution in [0.4, 0.5) is 0 Å². The van der Waals surface area contributed by atoms with Gasteiger partial charge in [0.2, 0.25) is 0 Å². The minimum Gasteiger partial charge on any atom is -0.393 e. The van der Waals surface area contributed by atoms with Crippen LogP contribution in [0.3, 0.4) is 0 Å². The van der Waals surface area contributed by atoms with Gasteiger partial charge in [-0.1, -0.05) is 48.5 Å². The summed E-state index contributed by atoms with van der Waals surface area (Å²) in [5.41, 5.74) is -0.0496. The first-order valence-electron chi connectivity index (χ1n) is 14.3. The van der Waals surface area contributed by atoms with Crippen molar-refractivity contribution in [2.75, 3.05) is 0 Å². The predicted molar refractivity (Wildman–Crippen MR) is 134 cm³/mol. The van der Waals surface area contributed by atoms with Gasteiger partial charge in [0, 0.05) is 17.8 Å². The third kappa shape index (κ3) is 2.86. The van der Waals surface area contributed by atoms with E-state index in [9.17, 15) is 20.1 Å². The molecule has 0 aliphatic heterocycles. The van der Waals surface area contributed by atoms with E-state index in [2.05, 4.69) is 34.6 Å². The zero-order chi connectivity index (χ0) is 25.1. The van der Waals surface area contributed by atoms with E-state index in [1.54, 1.807) is 0 Å². The minimum atomic E-state index is -0.424. The molecule has 0 aromatic carbocycles. The van der Waals surface area contributed by atoms with E-state index in [0.717, 1.165) is 44.9 Å². The molecule has 0 saturated heterocycles. The number of fused-ring (bicyclic) bond motifs is 2. The van der Waals surface area contributed by atoms with Gasteiger partial charge in [0.25, 0.3) is 0 Å². The average molecular weight is 475 g/mol. The summed E-state index contributed by atoms with van der Waals surface area (Å²) in [6, 6.07) is 0. The molecule has 0 bridgehead atoms. The topological polar surface area (TPSA) is 77.8 Å². The lowest BCUT2D eigenvalue weighted by Crippen LogP contribution is -2.62. The molecule has 194 valence electrons. The minimum absolute atomic E-state index is 0.0295. The first kappa shape index (κ1) is 25.2. The van der Waals surface area contributed by atoms with Crippen LogP contribution in [0.25, 0.3) is 0 Å². The molecular weight excluding hydrogens is 424 g/mol. The fraction of sp³-hybridized carbons (Fsp3) is 0.967. The molecule has 11 atom stereocenters. The van der Waals surface area contributed by atoms with Gasteiger partial charge in [-0.15, -0.1) is 0 Å². The molecule has 0 aromatic rings. The summed E-state index contributed by atoms with van der Waals surface area (Å²) < 4.78 is 0. The SMILES string of the molecule is CC(C)C(=O)CCC(C)C1C(O)CC2(C)C3CCC4C(C)(C)C(O)CCC45CC35CC(O)C12C. The summed E-state index contributed by atoms with van der Waals surface area (Å²) in [5.74, 6) is 1.66. The smallest absolute Gasteiger partial charge is 0.135 e. The Labute approximate surface area is 207 Å². The monoisotopic (exact) mass is 474 g/mol. The van der Waals surface area contributed by atoms with Crippen LogP contribution >= 0.6 is 0 Å². The second-order valence-corrected chi connectivity index (χ2v) is 14.9. The van der Waals surface area contributed by atoms with Crippen LogP contribution in [-0.4, -0.2) is 39.4 Å². The maximum absolute atomic E-state index is 12.3. The molecule has 5 fully saturated rings. The largest absolute Gasteiger partial charge is 0.393 e. The molecule has 0 amide bonds. The van der Waals surface area contributed by atoms with Crippen molar-refractivity contribution in [2.24, 2.45) is 56.7 Å². The van der Waals surface area contributed by atoms with Crippen molar-refractivity contribution < 1.29 is 20.1 Å². The Hall–Kier alpha value is -0.450. The van der Waals surface area contributed by atoms with E-state index >= 15 is 0 Å². The van der Waals surface area contributed by atoms with Gasteiger partial charge >= 0.3 is 0 Å². The Morgan fingerprint density at radius 2 is 1.53 bits per heavy atom. The molecule has 0 radical (unpaired) electrons. The van der Waals surface area contributed by atoms with E-state index in [0.29, 0.717) is 24.0 Å². The number of carbonyl (C=O) groups is 1. The summed E-state index contributed by atoms with van der Waals surface area (Å²) >= 11 is 0. The van der Waals surface area contributed by atoms with Crippen molar-refractivity contribution in [3.8, 4) is 0 Å². The molecule has 5 aliphatic carbocycles. The Kier molecular flexibility index (Phi) is 5.59. The van der Waals surface area contributed by atoms with E-state index < -0.39 is 12.2 Å². The molecule has 4 heteroatoms. The number of carbonyl (C=O) groups excluding carboxylic acids is 1. The van der Waals surface area contributed by atoms with Gasteiger partial charge in [-0.3, -0.25) is 4.79 Å². The number of Topliss-reactive ketones (excluding diaryl/α,β-unsaturated/α-hetero) is 1. The lowest BCUT2D eigenvalue weighted by atomic mass is 9.41. The van der Waals surface area contributed by atoms with Crippen LogP contribution in [0.1, 0.15) is 106 Å². The Morgan fingerprint density at radius 3 is 2.18 bits per heavy atom. The molecule has 0 aromatic heterocycles. The van der Waals surface area contributed by atoms with Crippen molar-refractivity contribution in [3.63, 3.8) is 0 Å². The van der Waals surface area contributed by atoms with E-state index in [1.165, 1.54) is 6.42 Å². The van der Waals surface area contributed by atoms with Crippen molar-refractivity contribution in [1.29, 1.82) is 0 Å². The molecule has 4 nitrogen and oxygen atoms in total. The molecule has 34 heavy (non-hydrogen) atoms. The first-order chi connectivity index (χ1) is 15.7. The second kappa shape index (κ2) is 7.54. The number of rotatable bonds is 5. The van der Waals surface area contributed by atoms with E-state index in [-0.39, 0.29) is 50.9 Å². The fourth-order valence-electron chi connectivity index (χ4n) is 11.3. The molecule has 5 saturated carbocycles. The van der Waals surface area contributed by atoms with Crippen molar-refractivity contribution in [2.45, 2.75) is 125 Å². The maximum atomic E-state index is 12.3. The Bertz CT molecular complexity index is 851. The number of hydrogen-bond acceptors (Lipinski definition) is 4. The third-order valence-corrected chi connectivity index (χ3v) is 13.3. The van der Waals surface area contributed by atoms with Gasteiger partial charge < -0.3 is 15.3 Å². The zero-order valence-corrected chi connectivity index (χ0v) is 22.7. The van der Waals surface area contributed by atoms with Crippen LogP contribution in [0.15, 0.2) is 0 Å². The number of ketones is 1. The first-order valence-corrected chi connectivity index (χ1v) is 14.3. The summed E-state index contributed by atoms with van der Waals surface area (Å²) in [4.78, 5) is 12.3. The Balaban J connectivity index is 1.46. The highest BCUT2D eigenvalue weighted by Crippen LogP contribution is 2.89. The standard InChI is InChI=1S/C30H50O4/c1-17(2)19(31)9-8-18(3)25-20(32)14-27(6)22-11-10-21-26(4,5)23(33)12-13-29(21)16-30(22,29)15-24(34)28(25,27)7/h17-18,20-25,32-34H,8-16H2,1-7H3. The van der Waals surface area contributed by atoms with Crippen LogP contribution in [0.2, 0.25) is 0 Å². The lowest BCUT2D eigenvalue weighted by Gasteiger charge is -2.64. The predicted octanol–water partition coefficient (Wildman–Crippen LogP) is 5.37. The second-order valence-electron chi connectivity index (χ2n) is 14.9. The number of aliphatic hydroxyl groups excluding tert-OH is 3. The number of aliphatic hydroxyl groups is 3. The van der Waals surface area contributed by atoms with Gasteiger partial charge in [0.05, 0.1) is 18.3 Å². The van der Waals surface area contributed by atoms with Gasteiger partial charge in [-0.25, -0.2) is 0 Å². The summed E-state index contributed by atoms with van der Waals surface area (Å²) in [6.07, 6.45) is 7.43. The molecule has 5 aliphatic rings. The molecule has 3 N–H and O–H groups in total. The fourth-order valence-corrected chi connectivity index (χ4v) is 11.3. The van der Waals surface area contributed by atoms with E-state index in [1.807, 2.05) is 13.8 Å². The van der Waals surface area contributed by atoms with Crippen LogP contribution in [0, 0.1) is 56.7 Å². The average Bonchev–Trinajstić information content (AvgIpc) is 3.34. The lowest BCUT2D eigenvalue weighted by molar-refractivity contribution is -0.205. The summed E-state index contributed by atoms with van der Waals surface area (Å²) in [6.45, 7) is 15.4. The van der Waals surface area contributed by atoms with Crippen molar-refractivity contribution >= 4 is 5.78 Å². The maximum Gasteiger partial charge on any atom is 0.135 e. The van der Waals surface area contributed by atoms with Crippen molar-refractivity contribution in [3.05, 3.63) is 0 Å². The summed E-state index contributed by atoms with van der Waals surface area (Å²) in [7, 11) is 0. The number of hydrogen-bond donors (Lipinski definition) is 3. The quantitative estimate of drug-likeness (QED) is 0.501. The molecule has 5 rings (SSSR count). The summed E-state index contributed by atoms with van der Waals surface area (Å²) in [5, 5.41) is 34.3. The van der Waals surface area contributed by atoms with Gasteiger partial charge in [-0.2, -0.15) is 0 Å². The van der Waals surface area contributed by atoms with Crippen LogP contribution in [-0.2, 0) is 4.79 Å². The Morgan fingerprint density at radius 1 is 0.882 bits per heavy atom. The highest BCUT2D eigenvalue weighted by atomic mass is 16.3. The highest BCUT2D eigenvalue weighted by Gasteiger charge is 2.84. The molecule has 0 heterocycles. The molecule has 2 spiro atoms. The van der Waals surface area contributed by atoms with Gasteiger partial charge in [0.15, 0.2) is 0 Å². The van der Waals surface area contributed by atoms with Crippen LogP contribution < -0.4 is 0 Å².